The van der Waals surface area contributed by atoms with Crippen molar-refractivity contribution in [2.24, 2.45) is 0 Å². The molecule has 1 atom stereocenters. The third-order valence-electron chi connectivity index (χ3n) is 3.00. The second-order valence-corrected chi connectivity index (χ2v) is 6.28. The Balaban J connectivity index is 2.15. The molecule has 0 saturated carbocycles. The lowest BCUT2D eigenvalue weighted by Crippen LogP contribution is -2.42. The number of nitrogens with zero attached hydrogens (tertiary/aromatic N) is 1. The van der Waals surface area contributed by atoms with Crippen molar-refractivity contribution in [3.05, 3.63) is 42.4 Å². The summed E-state index contributed by atoms with van der Waals surface area (Å²) in [6.07, 6.45) is 0.826. The standard InChI is InChI=1S/C13H12FNO4S/c1-9-8-15(20(16,17)12-6-3-7-18-12)11-5-2-4-10(14)13(11)19-9/h2-7,9H,8H2,1H3/t9-/m0/s1. The van der Waals surface area contributed by atoms with Gasteiger partial charge < -0.3 is 9.15 Å². The second-order valence-electron chi connectivity index (χ2n) is 4.48. The molecule has 0 saturated heterocycles. The summed E-state index contributed by atoms with van der Waals surface area (Å²) >= 11 is 0. The number of rotatable bonds is 2. The Hall–Kier alpha value is -2.02. The number of hydrogen-bond donors (Lipinski definition) is 0. The van der Waals surface area contributed by atoms with Crippen LogP contribution in [0.15, 0.2) is 46.1 Å². The van der Waals surface area contributed by atoms with Crippen LogP contribution in [-0.2, 0) is 10.0 Å². The van der Waals surface area contributed by atoms with Crippen molar-refractivity contribution in [3.63, 3.8) is 0 Å². The molecule has 3 rings (SSSR count). The van der Waals surface area contributed by atoms with Crippen LogP contribution in [0.1, 0.15) is 6.92 Å². The molecule has 0 fully saturated rings. The molecular formula is C13H12FNO4S. The van der Waals surface area contributed by atoms with E-state index in [9.17, 15) is 12.8 Å². The molecule has 1 aliphatic heterocycles. The van der Waals surface area contributed by atoms with E-state index < -0.39 is 21.9 Å². The van der Waals surface area contributed by atoms with Gasteiger partial charge in [0.1, 0.15) is 6.10 Å². The van der Waals surface area contributed by atoms with E-state index in [-0.39, 0.29) is 23.1 Å². The summed E-state index contributed by atoms with van der Waals surface area (Å²) in [5.41, 5.74) is 0.180. The van der Waals surface area contributed by atoms with Crippen LogP contribution in [0, 0.1) is 5.82 Å². The first kappa shape index (κ1) is 13.0. The summed E-state index contributed by atoms with van der Waals surface area (Å²) in [5, 5.41) is -0.179. The average molecular weight is 297 g/mol. The smallest absolute Gasteiger partial charge is 0.298 e. The van der Waals surface area contributed by atoms with Crippen molar-refractivity contribution in [2.75, 3.05) is 10.8 Å². The highest BCUT2D eigenvalue weighted by atomic mass is 32.2. The van der Waals surface area contributed by atoms with Gasteiger partial charge in [-0.1, -0.05) is 6.07 Å². The molecule has 2 aromatic rings. The molecule has 0 aliphatic carbocycles. The van der Waals surface area contributed by atoms with Gasteiger partial charge in [0.15, 0.2) is 11.6 Å². The van der Waals surface area contributed by atoms with Gasteiger partial charge in [-0.05, 0) is 31.2 Å². The monoisotopic (exact) mass is 297 g/mol. The number of hydrogen-bond acceptors (Lipinski definition) is 4. The Morgan fingerprint density at radius 2 is 2.10 bits per heavy atom. The largest absolute Gasteiger partial charge is 0.484 e. The van der Waals surface area contributed by atoms with E-state index in [1.165, 1.54) is 36.6 Å². The molecule has 1 aromatic carbocycles. The molecule has 0 N–H and O–H groups in total. The highest BCUT2D eigenvalue weighted by molar-refractivity contribution is 7.92. The maximum atomic E-state index is 13.8. The van der Waals surface area contributed by atoms with E-state index in [1.54, 1.807) is 6.92 Å². The van der Waals surface area contributed by atoms with Crippen molar-refractivity contribution < 1.29 is 22.0 Å². The molecule has 0 bridgehead atoms. The topological polar surface area (TPSA) is 59.8 Å². The van der Waals surface area contributed by atoms with Crippen molar-refractivity contribution in [1.82, 2.24) is 0 Å². The summed E-state index contributed by atoms with van der Waals surface area (Å²) in [4.78, 5) is 0. The van der Waals surface area contributed by atoms with Crippen molar-refractivity contribution >= 4 is 15.7 Å². The zero-order chi connectivity index (χ0) is 14.3. The van der Waals surface area contributed by atoms with Gasteiger partial charge in [-0.25, -0.2) is 4.39 Å². The molecule has 1 aromatic heterocycles. The van der Waals surface area contributed by atoms with Gasteiger partial charge in [-0.15, -0.1) is 0 Å². The first-order chi connectivity index (χ1) is 9.50. The quantitative estimate of drug-likeness (QED) is 0.854. The molecule has 1 aliphatic rings. The van der Waals surface area contributed by atoms with Crippen LogP contribution in [0.5, 0.6) is 5.75 Å². The molecule has 20 heavy (non-hydrogen) atoms. The Morgan fingerprint density at radius 3 is 2.80 bits per heavy atom. The second kappa shape index (κ2) is 4.52. The van der Waals surface area contributed by atoms with Crippen LogP contribution >= 0.6 is 0 Å². The third kappa shape index (κ3) is 1.94. The zero-order valence-corrected chi connectivity index (χ0v) is 11.4. The number of para-hydroxylation sites is 1. The van der Waals surface area contributed by atoms with Gasteiger partial charge in [-0.2, -0.15) is 8.42 Å². The van der Waals surface area contributed by atoms with E-state index in [1.807, 2.05) is 0 Å². The fourth-order valence-electron chi connectivity index (χ4n) is 2.13. The summed E-state index contributed by atoms with van der Waals surface area (Å²) in [6, 6.07) is 7.02. The van der Waals surface area contributed by atoms with Gasteiger partial charge in [0, 0.05) is 0 Å². The maximum absolute atomic E-state index is 13.8. The minimum absolute atomic E-state index is 0.0543. The van der Waals surface area contributed by atoms with E-state index in [2.05, 4.69) is 0 Å². The van der Waals surface area contributed by atoms with Crippen molar-refractivity contribution in [3.8, 4) is 5.75 Å². The lowest BCUT2D eigenvalue weighted by atomic mass is 10.2. The summed E-state index contributed by atoms with van der Waals surface area (Å²) in [7, 11) is -3.86. The first-order valence-electron chi connectivity index (χ1n) is 6.01. The Kier molecular flexibility index (Phi) is 2.93. The molecule has 106 valence electrons. The van der Waals surface area contributed by atoms with Crippen LogP contribution in [-0.4, -0.2) is 21.1 Å². The third-order valence-corrected chi connectivity index (χ3v) is 4.66. The van der Waals surface area contributed by atoms with E-state index in [0.29, 0.717) is 0 Å². The molecule has 2 heterocycles. The molecular weight excluding hydrogens is 285 g/mol. The number of benzene rings is 1. The van der Waals surface area contributed by atoms with E-state index in [4.69, 9.17) is 9.15 Å². The predicted octanol–water partition coefficient (Wildman–Crippen LogP) is 2.39. The lowest BCUT2D eigenvalue weighted by Gasteiger charge is -2.33. The van der Waals surface area contributed by atoms with Crippen molar-refractivity contribution in [1.29, 1.82) is 0 Å². The van der Waals surface area contributed by atoms with Crippen LogP contribution in [0.25, 0.3) is 0 Å². The van der Waals surface area contributed by atoms with Crippen LogP contribution < -0.4 is 9.04 Å². The van der Waals surface area contributed by atoms with Gasteiger partial charge >= 0.3 is 0 Å². The summed E-state index contributed by atoms with van der Waals surface area (Å²) in [6.45, 7) is 1.78. The summed E-state index contributed by atoms with van der Waals surface area (Å²) in [5.74, 6) is -0.643. The Bertz CT molecular complexity index is 727. The number of halogens is 1. The van der Waals surface area contributed by atoms with Crippen LogP contribution in [0.4, 0.5) is 10.1 Å². The Labute approximate surface area is 115 Å². The molecule has 0 spiro atoms. The fourth-order valence-corrected chi connectivity index (χ4v) is 3.58. The number of fused-ring (bicyclic) bond motifs is 1. The van der Waals surface area contributed by atoms with Crippen LogP contribution in [0.3, 0.4) is 0 Å². The van der Waals surface area contributed by atoms with Gasteiger partial charge in [0.2, 0.25) is 5.09 Å². The zero-order valence-electron chi connectivity index (χ0n) is 10.6. The molecule has 5 nitrogen and oxygen atoms in total. The van der Waals surface area contributed by atoms with Gasteiger partial charge in [-0.3, -0.25) is 4.31 Å². The lowest BCUT2D eigenvalue weighted by molar-refractivity contribution is 0.209. The van der Waals surface area contributed by atoms with Crippen molar-refractivity contribution in [2.45, 2.75) is 18.1 Å². The highest BCUT2D eigenvalue weighted by Gasteiger charge is 2.35. The van der Waals surface area contributed by atoms with Gasteiger partial charge in [0.05, 0.1) is 18.5 Å². The van der Waals surface area contributed by atoms with E-state index in [0.717, 1.165) is 4.31 Å². The maximum Gasteiger partial charge on any atom is 0.298 e. The highest BCUT2D eigenvalue weighted by Crippen LogP contribution is 2.38. The molecule has 0 radical (unpaired) electrons. The number of furan rings is 1. The van der Waals surface area contributed by atoms with Crippen LogP contribution in [0.2, 0.25) is 0 Å². The summed E-state index contributed by atoms with van der Waals surface area (Å²) < 4.78 is 50.3. The van der Waals surface area contributed by atoms with E-state index >= 15 is 0 Å². The average Bonchev–Trinajstić information content (AvgIpc) is 2.93. The number of anilines is 1. The number of sulfonamides is 1. The molecule has 0 amide bonds. The molecule has 0 unspecified atom stereocenters. The number of ether oxygens (including phenoxy) is 1. The molecule has 7 heteroatoms. The first-order valence-corrected chi connectivity index (χ1v) is 7.45. The SMILES string of the molecule is C[C@H]1CN(S(=O)(=O)c2ccco2)c2cccc(F)c2O1. The van der Waals surface area contributed by atoms with Gasteiger partial charge in [0.25, 0.3) is 10.0 Å². The minimum Gasteiger partial charge on any atom is -0.484 e. The Morgan fingerprint density at radius 1 is 1.30 bits per heavy atom. The fraction of sp³-hybridized carbons (Fsp3) is 0.231. The minimum atomic E-state index is -3.86. The predicted molar refractivity (Wildman–Crippen MR) is 69.7 cm³/mol. The normalized spacial score (nSPS) is 18.5.